The van der Waals surface area contributed by atoms with E-state index in [1.807, 2.05) is 0 Å². The van der Waals surface area contributed by atoms with Crippen LogP contribution in [0.4, 0.5) is 0 Å². The van der Waals surface area contributed by atoms with Crippen molar-refractivity contribution in [1.82, 2.24) is 5.32 Å². The molecule has 0 radical (unpaired) electrons. The highest BCUT2D eigenvalue weighted by Gasteiger charge is 2.24. The Labute approximate surface area is 327 Å². The first-order valence-electron chi connectivity index (χ1n) is 21.6. The van der Waals surface area contributed by atoms with Crippen molar-refractivity contribution < 1.29 is 22.9 Å². The third-order valence-electron chi connectivity index (χ3n) is 9.33. The highest BCUT2D eigenvalue weighted by Crippen LogP contribution is 2.12. The molecule has 0 rings (SSSR count). The summed E-state index contributed by atoms with van der Waals surface area (Å²) in [5, 5.41) is 13.2. The zero-order valence-corrected chi connectivity index (χ0v) is 34.9. The van der Waals surface area contributed by atoms with Gasteiger partial charge >= 0.3 is 0 Å². The molecule has 2 atom stereocenters. The highest BCUT2D eigenvalue weighted by atomic mass is 32.2. The van der Waals surface area contributed by atoms with Crippen molar-refractivity contribution in [3.05, 3.63) is 72.9 Å². The zero-order valence-electron chi connectivity index (χ0n) is 34.1. The maximum Gasteiger partial charge on any atom is 0.267 e. The molecule has 7 heteroatoms. The summed E-state index contributed by atoms with van der Waals surface area (Å²) in [4.78, 5) is 12.5. The van der Waals surface area contributed by atoms with Gasteiger partial charge in [0, 0.05) is 6.42 Å². The van der Waals surface area contributed by atoms with Gasteiger partial charge in [-0.15, -0.1) is 0 Å². The maximum absolute atomic E-state index is 12.5. The largest absolute Gasteiger partial charge is 0.387 e. The lowest BCUT2D eigenvalue weighted by molar-refractivity contribution is -0.122. The van der Waals surface area contributed by atoms with Crippen molar-refractivity contribution >= 4 is 16.0 Å². The lowest BCUT2D eigenvalue weighted by Gasteiger charge is -2.21. The summed E-state index contributed by atoms with van der Waals surface area (Å²) in [5.41, 5.74) is 0. The molecule has 0 saturated carbocycles. The molecule has 3 N–H and O–H groups in total. The molecule has 0 saturated heterocycles. The summed E-state index contributed by atoms with van der Waals surface area (Å²) in [6, 6.07) is -1.09. The van der Waals surface area contributed by atoms with E-state index in [0.29, 0.717) is 12.8 Å². The van der Waals surface area contributed by atoms with Crippen LogP contribution in [-0.4, -0.2) is 41.9 Å². The summed E-state index contributed by atoms with van der Waals surface area (Å²) < 4.78 is 32.5. The Balaban J connectivity index is 3.97. The van der Waals surface area contributed by atoms with Gasteiger partial charge in [0.15, 0.2) is 0 Å². The Hall–Kier alpha value is -2.22. The highest BCUT2D eigenvalue weighted by molar-refractivity contribution is 7.85. The van der Waals surface area contributed by atoms with Gasteiger partial charge in [0.25, 0.3) is 10.1 Å². The molecular formula is C46H81NO5S. The van der Waals surface area contributed by atoms with Crippen LogP contribution in [0.2, 0.25) is 0 Å². The van der Waals surface area contributed by atoms with Crippen LogP contribution in [0, 0.1) is 0 Å². The van der Waals surface area contributed by atoms with Crippen LogP contribution in [0.25, 0.3) is 0 Å². The number of hydrogen-bond acceptors (Lipinski definition) is 4. The SMILES string of the molecule is CCCCCCC/C=C\C/C=C\C/C=C\CCCCCCCCCCC(=O)NC(CS(=O)(=O)O)C(O)/C=C/CC/C=C/CC/C=C/CCCCCCC. The van der Waals surface area contributed by atoms with E-state index >= 15 is 0 Å². The monoisotopic (exact) mass is 760 g/mol. The predicted octanol–water partition coefficient (Wildman–Crippen LogP) is 13.0. The molecule has 306 valence electrons. The van der Waals surface area contributed by atoms with Crippen LogP contribution >= 0.6 is 0 Å². The number of carbonyl (C=O) groups is 1. The third kappa shape index (κ3) is 40.8. The molecule has 6 nitrogen and oxygen atoms in total. The number of aliphatic hydroxyl groups excluding tert-OH is 1. The van der Waals surface area contributed by atoms with Gasteiger partial charge < -0.3 is 10.4 Å². The number of aliphatic hydroxyl groups is 1. The molecule has 0 bridgehead atoms. The van der Waals surface area contributed by atoms with E-state index in [2.05, 4.69) is 79.9 Å². The van der Waals surface area contributed by atoms with E-state index in [9.17, 15) is 22.9 Å². The van der Waals surface area contributed by atoms with Gasteiger partial charge in [-0.05, 0) is 83.5 Å². The van der Waals surface area contributed by atoms with Crippen molar-refractivity contribution in [2.45, 2.75) is 206 Å². The molecule has 0 spiro atoms. The first-order chi connectivity index (χ1) is 25.8. The maximum atomic E-state index is 12.5. The second-order valence-electron chi connectivity index (χ2n) is 14.6. The topological polar surface area (TPSA) is 104 Å². The van der Waals surface area contributed by atoms with Crippen molar-refractivity contribution in [3.8, 4) is 0 Å². The van der Waals surface area contributed by atoms with Crippen molar-refractivity contribution in [3.63, 3.8) is 0 Å². The number of unbranched alkanes of at least 4 members (excludes halogenated alkanes) is 20. The fourth-order valence-corrected chi connectivity index (χ4v) is 6.81. The average Bonchev–Trinajstić information content (AvgIpc) is 3.12. The van der Waals surface area contributed by atoms with Gasteiger partial charge in [-0.25, -0.2) is 0 Å². The normalized spacial score (nSPS) is 14.0. The number of amides is 1. The third-order valence-corrected chi connectivity index (χ3v) is 10.1. The van der Waals surface area contributed by atoms with Gasteiger partial charge in [0.05, 0.1) is 17.9 Å². The summed E-state index contributed by atoms with van der Waals surface area (Å²) >= 11 is 0. The van der Waals surface area contributed by atoms with Crippen LogP contribution in [0.5, 0.6) is 0 Å². The van der Waals surface area contributed by atoms with Gasteiger partial charge in [-0.3, -0.25) is 9.35 Å². The van der Waals surface area contributed by atoms with E-state index in [-0.39, 0.29) is 12.3 Å². The minimum Gasteiger partial charge on any atom is -0.387 e. The molecule has 2 unspecified atom stereocenters. The first-order valence-corrected chi connectivity index (χ1v) is 23.2. The van der Waals surface area contributed by atoms with Crippen molar-refractivity contribution in [2.24, 2.45) is 0 Å². The van der Waals surface area contributed by atoms with E-state index in [1.165, 1.54) is 102 Å². The molecule has 0 aromatic heterocycles. The fourth-order valence-electron chi connectivity index (χ4n) is 6.08. The summed E-state index contributed by atoms with van der Waals surface area (Å²) in [5.74, 6) is -1.02. The Kier molecular flexibility index (Phi) is 37.8. The van der Waals surface area contributed by atoms with E-state index in [1.54, 1.807) is 6.08 Å². The average molecular weight is 760 g/mol. The van der Waals surface area contributed by atoms with Crippen molar-refractivity contribution in [2.75, 3.05) is 5.75 Å². The second kappa shape index (κ2) is 39.5. The Bertz CT molecular complexity index is 1100. The first kappa shape index (κ1) is 50.8. The summed E-state index contributed by atoms with van der Waals surface area (Å²) in [6.07, 6.45) is 56.0. The molecule has 0 aliphatic rings. The minimum atomic E-state index is -4.36. The lowest BCUT2D eigenvalue weighted by Crippen LogP contribution is -2.46. The molecule has 53 heavy (non-hydrogen) atoms. The molecule has 0 heterocycles. The van der Waals surface area contributed by atoms with Gasteiger partial charge in [0.1, 0.15) is 0 Å². The number of hydrogen-bond donors (Lipinski definition) is 3. The second-order valence-corrected chi connectivity index (χ2v) is 16.1. The van der Waals surface area contributed by atoms with Crippen molar-refractivity contribution in [1.29, 1.82) is 0 Å². The van der Waals surface area contributed by atoms with E-state index in [0.717, 1.165) is 64.2 Å². The Morgan fingerprint density at radius 2 is 0.868 bits per heavy atom. The fraction of sp³-hybridized carbons (Fsp3) is 0.717. The molecule has 0 aliphatic heterocycles. The van der Waals surface area contributed by atoms with Gasteiger partial charge in [0.2, 0.25) is 5.91 Å². The van der Waals surface area contributed by atoms with Crippen LogP contribution in [0.3, 0.4) is 0 Å². The number of nitrogens with one attached hydrogen (secondary N) is 1. The van der Waals surface area contributed by atoms with E-state index < -0.39 is 28.0 Å². The Morgan fingerprint density at radius 3 is 1.32 bits per heavy atom. The number of carbonyl (C=O) groups excluding carboxylic acids is 1. The molecule has 1 amide bonds. The predicted molar refractivity (Wildman–Crippen MR) is 230 cm³/mol. The lowest BCUT2D eigenvalue weighted by atomic mass is 10.1. The number of rotatable bonds is 38. The standard InChI is InChI=1S/C46H81NO5S/c1-3-5-7-9-11-13-15-17-19-20-21-22-23-24-25-26-28-30-32-34-36-38-40-42-46(49)47-44(43-53(50,51)52)45(48)41-39-37-35-33-31-29-27-18-16-14-12-10-8-6-4-2/h15-18,20-21,23-24,31,33,39,41,44-45,48H,3-14,19,22,25-30,32,34-38,40,42-43H2,1-2H3,(H,47,49)(H,50,51,52)/b17-15-,18-16+,21-20-,24-23-,33-31+,41-39+. The van der Waals surface area contributed by atoms with Crippen LogP contribution in [-0.2, 0) is 14.9 Å². The molecule has 0 aromatic rings. The summed E-state index contributed by atoms with van der Waals surface area (Å²) in [6.45, 7) is 4.49. The van der Waals surface area contributed by atoms with Crippen LogP contribution in [0.1, 0.15) is 194 Å². The van der Waals surface area contributed by atoms with Crippen LogP contribution < -0.4 is 5.32 Å². The molecule has 0 fully saturated rings. The molecule has 0 aliphatic carbocycles. The minimum absolute atomic E-state index is 0.273. The van der Waals surface area contributed by atoms with E-state index in [4.69, 9.17) is 0 Å². The van der Waals surface area contributed by atoms with Crippen LogP contribution in [0.15, 0.2) is 72.9 Å². The summed E-state index contributed by atoms with van der Waals surface area (Å²) in [7, 11) is -4.36. The molecular weight excluding hydrogens is 679 g/mol. The smallest absolute Gasteiger partial charge is 0.267 e. The van der Waals surface area contributed by atoms with Gasteiger partial charge in [-0.2, -0.15) is 8.42 Å². The van der Waals surface area contributed by atoms with Gasteiger partial charge in [-0.1, -0.05) is 177 Å². The zero-order chi connectivity index (χ0) is 38.9. The Morgan fingerprint density at radius 1 is 0.509 bits per heavy atom. The number of allylic oxidation sites excluding steroid dienone is 11. The molecule has 0 aromatic carbocycles. The quantitative estimate of drug-likeness (QED) is 0.0330.